The first-order chi connectivity index (χ1) is 4.25. The fraction of sp³-hybridized carbons (Fsp3) is 1.00. The summed E-state index contributed by atoms with van der Waals surface area (Å²) in [6.07, 6.45) is 0.0442. The molecule has 0 bridgehead atoms. The van der Waals surface area contributed by atoms with Crippen LogP contribution in [0.4, 0.5) is 0 Å². The normalized spacial score (nSPS) is 43.7. The highest BCUT2D eigenvalue weighted by Crippen LogP contribution is 2.24. The van der Waals surface area contributed by atoms with Gasteiger partial charge in [0, 0.05) is 12.5 Å². The molecule has 9 heavy (non-hydrogen) atoms. The van der Waals surface area contributed by atoms with Gasteiger partial charge in [-0.3, -0.25) is 0 Å². The lowest BCUT2D eigenvalue weighted by Gasteiger charge is -2.12. The topological polar surface area (TPSA) is 60.7 Å². The lowest BCUT2D eigenvalue weighted by atomic mass is 10.1. The molecule has 0 aliphatic heterocycles. The highest BCUT2D eigenvalue weighted by Gasteiger charge is 2.32. The Hall–Kier alpha value is -0.120. The van der Waals surface area contributed by atoms with Gasteiger partial charge < -0.3 is 15.3 Å². The third-order valence-corrected chi connectivity index (χ3v) is 1.94. The molecule has 3 N–H and O–H groups in total. The molecule has 1 fully saturated rings. The number of aliphatic hydroxyl groups is 3. The van der Waals surface area contributed by atoms with Gasteiger partial charge in [-0.25, -0.2) is 0 Å². The zero-order chi connectivity index (χ0) is 6.85. The van der Waals surface area contributed by atoms with Crippen LogP contribution in [0.1, 0.15) is 12.8 Å². The summed E-state index contributed by atoms with van der Waals surface area (Å²) in [7, 11) is 0. The van der Waals surface area contributed by atoms with Crippen LogP contribution in [0.15, 0.2) is 0 Å². The van der Waals surface area contributed by atoms with Crippen molar-refractivity contribution in [1.82, 2.24) is 0 Å². The van der Waals surface area contributed by atoms with Crippen LogP contribution in [0.2, 0.25) is 0 Å². The Balaban J connectivity index is 2.41. The first kappa shape index (κ1) is 6.99. The zero-order valence-corrected chi connectivity index (χ0v) is 5.20. The van der Waals surface area contributed by atoms with Gasteiger partial charge >= 0.3 is 0 Å². The minimum atomic E-state index is -0.699. The van der Waals surface area contributed by atoms with Crippen LogP contribution in [0, 0.1) is 5.92 Å². The van der Waals surface area contributed by atoms with E-state index in [0.29, 0.717) is 6.42 Å². The van der Waals surface area contributed by atoms with Crippen LogP contribution in [-0.2, 0) is 0 Å². The van der Waals surface area contributed by atoms with E-state index in [1.165, 1.54) is 0 Å². The van der Waals surface area contributed by atoms with E-state index in [0.717, 1.165) is 6.42 Å². The highest BCUT2D eigenvalue weighted by molar-refractivity contribution is 4.83. The second kappa shape index (κ2) is 2.64. The average molecular weight is 132 g/mol. The molecule has 1 aliphatic carbocycles. The van der Waals surface area contributed by atoms with Crippen LogP contribution in [0.3, 0.4) is 0 Å². The monoisotopic (exact) mass is 132 g/mol. The molecule has 0 aromatic rings. The maximum atomic E-state index is 9.05. The molecule has 0 amide bonds. The smallest absolute Gasteiger partial charge is 0.0849 e. The summed E-state index contributed by atoms with van der Waals surface area (Å²) in [5.74, 6) is -0.0972. The summed E-state index contributed by atoms with van der Waals surface area (Å²) in [5.41, 5.74) is 0. The van der Waals surface area contributed by atoms with Gasteiger partial charge in [-0.2, -0.15) is 0 Å². The fourth-order valence-corrected chi connectivity index (χ4v) is 1.24. The van der Waals surface area contributed by atoms with Crippen LogP contribution in [0.5, 0.6) is 0 Å². The Morgan fingerprint density at radius 3 is 2.11 bits per heavy atom. The largest absolute Gasteiger partial charge is 0.396 e. The van der Waals surface area contributed by atoms with Crippen LogP contribution in [-0.4, -0.2) is 34.1 Å². The summed E-state index contributed by atoms with van der Waals surface area (Å²) in [5, 5.41) is 26.6. The van der Waals surface area contributed by atoms with Crippen LogP contribution >= 0.6 is 0 Å². The first-order valence-corrected chi connectivity index (χ1v) is 3.22. The van der Waals surface area contributed by atoms with Crippen molar-refractivity contribution in [3.05, 3.63) is 0 Å². The number of rotatable bonds is 1. The SMILES string of the molecule is OC[C@@H]1CC[C@@H](O)[C@H]1O. The lowest BCUT2D eigenvalue weighted by molar-refractivity contribution is 0.00682. The Bertz CT molecular complexity index is 94.3. The minimum absolute atomic E-state index is 0.0156. The average Bonchev–Trinajstić information content (AvgIpc) is 2.15. The molecular weight excluding hydrogens is 120 g/mol. The van der Waals surface area contributed by atoms with E-state index in [1.54, 1.807) is 0 Å². The van der Waals surface area contributed by atoms with Gasteiger partial charge in [0.15, 0.2) is 0 Å². The predicted octanol–water partition coefficient (Wildman–Crippen LogP) is -0.890. The second-order valence-corrected chi connectivity index (χ2v) is 2.58. The van der Waals surface area contributed by atoms with Crippen molar-refractivity contribution in [3.63, 3.8) is 0 Å². The van der Waals surface area contributed by atoms with Crippen molar-refractivity contribution in [2.75, 3.05) is 6.61 Å². The lowest BCUT2D eigenvalue weighted by Crippen LogP contribution is -2.26. The minimum Gasteiger partial charge on any atom is -0.396 e. The van der Waals surface area contributed by atoms with Gasteiger partial charge in [-0.15, -0.1) is 0 Å². The van der Waals surface area contributed by atoms with Crippen molar-refractivity contribution in [2.24, 2.45) is 5.92 Å². The van der Waals surface area contributed by atoms with Crippen LogP contribution in [0.25, 0.3) is 0 Å². The fourth-order valence-electron chi connectivity index (χ4n) is 1.24. The number of aliphatic hydroxyl groups excluding tert-OH is 3. The molecule has 0 aromatic heterocycles. The van der Waals surface area contributed by atoms with Gasteiger partial charge in [0.2, 0.25) is 0 Å². The molecular formula is C6H12O3. The molecule has 3 atom stereocenters. The Kier molecular flexibility index (Phi) is 2.05. The molecule has 1 saturated carbocycles. The molecule has 0 saturated heterocycles. The Labute approximate surface area is 53.9 Å². The van der Waals surface area contributed by atoms with E-state index in [9.17, 15) is 0 Å². The maximum absolute atomic E-state index is 9.05. The maximum Gasteiger partial charge on any atom is 0.0849 e. The third-order valence-electron chi connectivity index (χ3n) is 1.94. The van der Waals surface area contributed by atoms with Gasteiger partial charge in [0.05, 0.1) is 12.2 Å². The Morgan fingerprint density at radius 2 is 1.89 bits per heavy atom. The summed E-state index contributed by atoms with van der Waals surface area (Å²) in [4.78, 5) is 0. The molecule has 0 unspecified atom stereocenters. The molecule has 1 aliphatic rings. The van der Waals surface area contributed by atoms with Crippen molar-refractivity contribution < 1.29 is 15.3 Å². The summed E-state index contributed by atoms with van der Waals surface area (Å²) in [6, 6.07) is 0. The summed E-state index contributed by atoms with van der Waals surface area (Å²) < 4.78 is 0. The van der Waals surface area contributed by atoms with Crippen molar-refractivity contribution in [3.8, 4) is 0 Å². The van der Waals surface area contributed by atoms with E-state index in [-0.39, 0.29) is 12.5 Å². The Morgan fingerprint density at radius 1 is 1.22 bits per heavy atom. The van der Waals surface area contributed by atoms with E-state index >= 15 is 0 Å². The zero-order valence-electron chi connectivity index (χ0n) is 5.20. The van der Waals surface area contributed by atoms with Crippen molar-refractivity contribution >= 4 is 0 Å². The predicted molar refractivity (Wildman–Crippen MR) is 31.8 cm³/mol. The van der Waals surface area contributed by atoms with Gasteiger partial charge in [-0.1, -0.05) is 0 Å². The van der Waals surface area contributed by atoms with Gasteiger partial charge in [0.25, 0.3) is 0 Å². The second-order valence-electron chi connectivity index (χ2n) is 2.58. The van der Waals surface area contributed by atoms with Crippen molar-refractivity contribution in [1.29, 1.82) is 0 Å². The molecule has 3 heteroatoms. The highest BCUT2D eigenvalue weighted by atomic mass is 16.3. The van der Waals surface area contributed by atoms with E-state index < -0.39 is 12.2 Å². The van der Waals surface area contributed by atoms with Crippen molar-refractivity contribution in [2.45, 2.75) is 25.0 Å². The molecule has 0 spiro atoms. The number of hydrogen-bond acceptors (Lipinski definition) is 3. The molecule has 1 rings (SSSR count). The molecule has 54 valence electrons. The summed E-state index contributed by atoms with van der Waals surface area (Å²) in [6.45, 7) is -0.0156. The van der Waals surface area contributed by atoms with Gasteiger partial charge in [0.1, 0.15) is 0 Å². The molecule has 0 radical (unpaired) electrons. The first-order valence-electron chi connectivity index (χ1n) is 3.22. The summed E-state index contributed by atoms with van der Waals surface area (Å²) >= 11 is 0. The molecule has 0 aromatic carbocycles. The standard InChI is InChI=1S/C6H12O3/c7-3-4-1-2-5(8)6(4)9/h4-9H,1-3H2/t4-,5+,6-/m0/s1. The quantitative estimate of drug-likeness (QED) is 0.434. The van der Waals surface area contributed by atoms with E-state index in [2.05, 4.69) is 0 Å². The molecule has 3 nitrogen and oxygen atoms in total. The van der Waals surface area contributed by atoms with Crippen LogP contribution < -0.4 is 0 Å². The van der Waals surface area contributed by atoms with E-state index in [4.69, 9.17) is 15.3 Å². The van der Waals surface area contributed by atoms with E-state index in [1.807, 2.05) is 0 Å². The number of hydrogen-bond donors (Lipinski definition) is 3. The third kappa shape index (κ3) is 1.23. The molecule has 0 heterocycles. The van der Waals surface area contributed by atoms with Gasteiger partial charge in [-0.05, 0) is 12.8 Å².